The standard InChI is InChI=1S/C23H32N2O3/c1-3-4-18(14-24-22(27)28-2)21(26)25-12-11-23(13-20(23)15-25)19-9-7-17(8-10-19)16-5-6-16/h7-10,16,18,20H,3-6,11-15H2,1-2H3,(H,24,27)/t18-,20?,23?/m1/s1. The van der Waals surface area contributed by atoms with Crippen molar-refractivity contribution in [2.75, 3.05) is 26.7 Å². The molecule has 4 rings (SSSR count). The van der Waals surface area contributed by atoms with Crippen LogP contribution in [-0.2, 0) is 14.9 Å². The van der Waals surface area contributed by atoms with Gasteiger partial charge >= 0.3 is 6.09 Å². The maximum atomic E-state index is 13.1. The average Bonchev–Trinajstić information content (AvgIpc) is 3.63. The highest BCUT2D eigenvalue weighted by Gasteiger charge is 2.58. The van der Waals surface area contributed by atoms with Crippen molar-refractivity contribution >= 4 is 12.0 Å². The van der Waals surface area contributed by atoms with Crippen LogP contribution in [-0.4, -0.2) is 43.6 Å². The first-order valence-electron chi connectivity index (χ1n) is 10.8. The highest BCUT2D eigenvalue weighted by atomic mass is 16.5. The Balaban J connectivity index is 1.36. The molecule has 28 heavy (non-hydrogen) atoms. The number of hydrogen-bond acceptors (Lipinski definition) is 3. The van der Waals surface area contributed by atoms with Crippen molar-refractivity contribution in [2.45, 2.75) is 56.8 Å². The molecule has 1 aromatic carbocycles. The van der Waals surface area contributed by atoms with Crippen LogP contribution in [0.5, 0.6) is 0 Å². The normalized spacial score (nSPS) is 26.9. The van der Waals surface area contributed by atoms with E-state index in [1.165, 1.54) is 37.5 Å². The Kier molecular flexibility index (Phi) is 5.35. The Morgan fingerprint density at radius 2 is 2.04 bits per heavy atom. The van der Waals surface area contributed by atoms with Crippen molar-refractivity contribution in [2.24, 2.45) is 11.8 Å². The van der Waals surface area contributed by atoms with Crippen LogP contribution in [0.3, 0.4) is 0 Å². The number of carbonyl (C=O) groups excluding carboxylic acids is 2. The fourth-order valence-corrected chi connectivity index (χ4v) is 5.02. The van der Waals surface area contributed by atoms with Crippen LogP contribution in [0.15, 0.2) is 24.3 Å². The number of rotatable bonds is 7. The van der Waals surface area contributed by atoms with E-state index in [9.17, 15) is 9.59 Å². The number of hydrogen-bond donors (Lipinski definition) is 1. The van der Waals surface area contributed by atoms with Gasteiger partial charge in [0.1, 0.15) is 0 Å². The Morgan fingerprint density at radius 1 is 1.29 bits per heavy atom. The van der Waals surface area contributed by atoms with Gasteiger partial charge in [0.05, 0.1) is 13.0 Å². The van der Waals surface area contributed by atoms with Gasteiger partial charge < -0.3 is 15.0 Å². The highest BCUT2D eigenvalue weighted by molar-refractivity contribution is 5.80. The zero-order valence-corrected chi connectivity index (χ0v) is 17.1. The number of piperidine rings is 1. The molecule has 2 aliphatic carbocycles. The summed E-state index contributed by atoms with van der Waals surface area (Å²) in [5.41, 5.74) is 3.25. The van der Waals surface area contributed by atoms with Gasteiger partial charge in [0.15, 0.2) is 0 Å². The van der Waals surface area contributed by atoms with Crippen LogP contribution in [0.25, 0.3) is 0 Å². The summed E-state index contributed by atoms with van der Waals surface area (Å²) in [4.78, 5) is 26.5. The van der Waals surface area contributed by atoms with Crippen LogP contribution in [0, 0.1) is 11.8 Å². The number of likely N-dealkylation sites (tertiary alicyclic amines) is 1. The fraction of sp³-hybridized carbons (Fsp3) is 0.652. The number of nitrogens with one attached hydrogen (secondary N) is 1. The number of amides is 2. The summed E-state index contributed by atoms with van der Waals surface area (Å²) in [6.45, 7) is 4.10. The van der Waals surface area contributed by atoms with Gasteiger partial charge in [-0.25, -0.2) is 4.79 Å². The largest absolute Gasteiger partial charge is 0.453 e. The molecular formula is C23H32N2O3. The molecule has 2 unspecified atom stereocenters. The lowest BCUT2D eigenvalue weighted by atomic mass is 9.86. The smallest absolute Gasteiger partial charge is 0.406 e. The maximum absolute atomic E-state index is 13.1. The van der Waals surface area contributed by atoms with Gasteiger partial charge in [-0.05, 0) is 55.1 Å². The molecule has 5 nitrogen and oxygen atoms in total. The summed E-state index contributed by atoms with van der Waals surface area (Å²) >= 11 is 0. The molecule has 1 N–H and O–H groups in total. The van der Waals surface area contributed by atoms with Crippen molar-refractivity contribution in [3.8, 4) is 0 Å². The van der Waals surface area contributed by atoms with Gasteiger partial charge in [0, 0.05) is 25.0 Å². The molecule has 0 bridgehead atoms. The van der Waals surface area contributed by atoms with E-state index in [2.05, 4.69) is 41.2 Å². The highest BCUT2D eigenvalue weighted by Crippen LogP contribution is 2.59. The lowest BCUT2D eigenvalue weighted by Crippen LogP contribution is -2.46. The molecule has 0 spiro atoms. The van der Waals surface area contributed by atoms with Crippen molar-refractivity contribution in [3.63, 3.8) is 0 Å². The number of alkyl carbamates (subject to hydrolysis) is 1. The first kappa shape index (κ1) is 19.3. The monoisotopic (exact) mass is 384 g/mol. The molecule has 0 radical (unpaired) electrons. The number of carbonyl (C=O) groups is 2. The van der Waals surface area contributed by atoms with Crippen LogP contribution in [0.4, 0.5) is 4.79 Å². The van der Waals surface area contributed by atoms with Crippen molar-refractivity contribution in [1.82, 2.24) is 10.2 Å². The predicted molar refractivity (Wildman–Crippen MR) is 108 cm³/mol. The predicted octanol–water partition coefficient (Wildman–Crippen LogP) is 3.83. The summed E-state index contributed by atoms with van der Waals surface area (Å²) in [6.07, 6.45) is 6.17. The molecule has 0 aromatic heterocycles. The van der Waals surface area contributed by atoms with Gasteiger partial charge in [-0.3, -0.25) is 4.79 Å². The lowest BCUT2D eigenvalue weighted by Gasteiger charge is -2.34. The van der Waals surface area contributed by atoms with Gasteiger partial charge in [-0.2, -0.15) is 0 Å². The van der Waals surface area contributed by atoms with Gasteiger partial charge in [0.25, 0.3) is 0 Å². The second-order valence-electron chi connectivity index (χ2n) is 8.85. The van der Waals surface area contributed by atoms with E-state index in [-0.39, 0.29) is 11.8 Å². The summed E-state index contributed by atoms with van der Waals surface area (Å²) in [5.74, 6) is 1.40. The molecule has 3 fully saturated rings. The van der Waals surface area contributed by atoms with E-state index in [0.29, 0.717) is 17.9 Å². The second kappa shape index (κ2) is 7.76. The third-order valence-electron chi connectivity index (χ3n) is 7.01. The Labute approximate surface area is 167 Å². The average molecular weight is 385 g/mol. The lowest BCUT2D eigenvalue weighted by molar-refractivity contribution is -0.136. The minimum Gasteiger partial charge on any atom is -0.453 e. The molecular weight excluding hydrogens is 352 g/mol. The third kappa shape index (κ3) is 3.76. The van der Waals surface area contributed by atoms with E-state index < -0.39 is 6.09 Å². The molecule has 3 aliphatic rings. The van der Waals surface area contributed by atoms with Crippen molar-refractivity contribution < 1.29 is 14.3 Å². The molecule has 2 saturated carbocycles. The first-order chi connectivity index (χ1) is 13.6. The number of methoxy groups -OCH3 is 1. The number of fused-ring (bicyclic) bond motifs is 1. The quantitative estimate of drug-likeness (QED) is 0.777. The zero-order chi connectivity index (χ0) is 19.7. The van der Waals surface area contributed by atoms with E-state index in [1.54, 1.807) is 0 Å². The van der Waals surface area contributed by atoms with Crippen LogP contribution >= 0.6 is 0 Å². The first-order valence-corrected chi connectivity index (χ1v) is 10.8. The maximum Gasteiger partial charge on any atom is 0.406 e. The molecule has 1 aromatic rings. The van der Waals surface area contributed by atoms with Gasteiger partial charge in [-0.15, -0.1) is 0 Å². The molecule has 152 valence electrons. The van der Waals surface area contributed by atoms with E-state index in [1.807, 2.05) is 4.90 Å². The van der Waals surface area contributed by atoms with E-state index in [0.717, 1.165) is 38.3 Å². The van der Waals surface area contributed by atoms with Crippen molar-refractivity contribution in [3.05, 3.63) is 35.4 Å². The van der Waals surface area contributed by atoms with Crippen LogP contribution in [0.1, 0.15) is 62.5 Å². The summed E-state index contributed by atoms with van der Waals surface area (Å²) in [5, 5.41) is 2.70. The molecule has 1 saturated heterocycles. The third-order valence-corrected chi connectivity index (χ3v) is 7.01. The molecule has 3 atom stereocenters. The zero-order valence-electron chi connectivity index (χ0n) is 17.1. The van der Waals surface area contributed by atoms with Crippen molar-refractivity contribution in [1.29, 1.82) is 0 Å². The van der Waals surface area contributed by atoms with E-state index >= 15 is 0 Å². The summed E-state index contributed by atoms with van der Waals surface area (Å²) in [7, 11) is 1.35. The van der Waals surface area contributed by atoms with Gasteiger partial charge in [-0.1, -0.05) is 37.6 Å². The number of ether oxygens (including phenoxy) is 1. The number of benzene rings is 1. The van der Waals surface area contributed by atoms with Gasteiger partial charge in [0.2, 0.25) is 5.91 Å². The molecule has 5 heteroatoms. The van der Waals surface area contributed by atoms with E-state index in [4.69, 9.17) is 0 Å². The number of nitrogens with zero attached hydrogens (tertiary/aromatic N) is 1. The Bertz CT molecular complexity index is 728. The minimum absolute atomic E-state index is 0.159. The summed E-state index contributed by atoms with van der Waals surface area (Å²) in [6, 6.07) is 9.32. The minimum atomic E-state index is -0.469. The second-order valence-corrected chi connectivity index (χ2v) is 8.85. The SMILES string of the molecule is CCC[C@H](CNC(=O)OC)C(=O)N1CCC2(c3ccc(C4CC4)cc3)CC2C1. The molecule has 1 heterocycles. The van der Waals surface area contributed by atoms with Crippen LogP contribution < -0.4 is 5.32 Å². The molecule has 1 aliphatic heterocycles. The topological polar surface area (TPSA) is 58.6 Å². The Morgan fingerprint density at radius 3 is 2.64 bits per heavy atom. The summed E-state index contributed by atoms with van der Waals surface area (Å²) < 4.78 is 4.64. The molecule has 2 amide bonds. The fourth-order valence-electron chi connectivity index (χ4n) is 5.02. The van der Waals surface area contributed by atoms with Crippen LogP contribution in [0.2, 0.25) is 0 Å². The Hall–Kier alpha value is -2.04.